The Morgan fingerprint density at radius 3 is 2.56 bits per heavy atom. The minimum Gasteiger partial charge on any atom is -0.444 e. The van der Waals surface area contributed by atoms with Crippen molar-refractivity contribution in [2.24, 2.45) is 0 Å². The SMILES string of the molecule is CC(C)(C)OC(=O)NCCN1C(=O)C[C@H](O)C1=O. The molecule has 1 heterocycles. The largest absolute Gasteiger partial charge is 0.444 e. The van der Waals surface area contributed by atoms with E-state index in [4.69, 9.17) is 4.74 Å². The number of alkyl carbamates (subject to hydrolysis) is 1. The molecule has 0 aromatic carbocycles. The van der Waals surface area contributed by atoms with Crippen molar-refractivity contribution >= 4 is 17.9 Å². The zero-order valence-electron chi connectivity index (χ0n) is 10.7. The quantitative estimate of drug-likeness (QED) is 0.673. The normalized spacial score (nSPS) is 20.2. The molecule has 0 aromatic rings. The molecule has 1 aliphatic rings. The first-order chi connectivity index (χ1) is 8.20. The summed E-state index contributed by atoms with van der Waals surface area (Å²) in [4.78, 5) is 34.9. The zero-order chi connectivity index (χ0) is 13.9. The topological polar surface area (TPSA) is 95.9 Å². The van der Waals surface area contributed by atoms with Crippen molar-refractivity contribution < 1.29 is 24.2 Å². The summed E-state index contributed by atoms with van der Waals surface area (Å²) in [6, 6.07) is 0. The van der Waals surface area contributed by atoms with Crippen molar-refractivity contribution in [3.05, 3.63) is 0 Å². The zero-order valence-corrected chi connectivity index (χ0v) is 10.7. The van der Waals surface area contributed by atoms with Gasteiger partial charge in [0.05, 0.1) is 6.42 Å². The number of aliphatic hydroxyl groups excluding tert-OH is 1. The van der Waals surface area contributed by atoms with Crippen LogP contribution in [0.2, 0.25) is 0 Å². The van der Waals surface area contributed by atoms with E-state index in [1.807, 2.05) is 0 Å². The number of amides is 3. The second-order valence-corrected chi connectivity index (χ2v) is 5.03. The van der Waals surface area contributed by atoms with Crippen LogP contribution in [0.25, 0.3) is 0 Å². The molecule has 0 spiro atoms. The van der Waals surface area contributed by atoms with E-state index >= 15 is 0 Å². The first-order valence-corrected chi connectivity index (χ1v) is 5.70. The molecule has 2 N–H and O–H groups in total. The molecular weight excluding hydrogens is 240 g/mol. The smallest absolute Gasteiger partial charge is 0.407 e. The molecule has 1 rings (SSSR count). The first-order valence-electron chi connectivity index (χ1n) is 5.70. The summed E-state index contributed by atoms with van der Waals surface area (Å²) in [7, 11) is 0. The van der Waals surface area contributed by atoms with Gasteiger partial charge in [-0.2, -0.15) is 0 Å². The third-order valence-electron chi connectivity index (χ3n) is 2.22. The molecule has 0 radical (unpaired) electrons. The lowest BCUT2D eigenvalue weighted by Gasteiger charge is -2.20. The number of hydrogen-bond acceptors (Lipinski definition) is 5. The number of carbonyl (C=O) groups excluding carboxylic acids is 3. The Morgan fingerprint density at radius 1 is 1.50 bits per heavy atom. The Kier molecular flexibility index (Phi) is 4.28. The standard InChI is InChI=1S/C11H18N2O5/c1-11(2,3)18-10(17)12-4-5-13-8(15)6-7(14)9(13)16/h7,14H,4-6H2,1-3H3,(H,12,17)/t7-/m0/s1. The molecule has 3 amide bonds. The number of likely N-dealkylation sites (tertiary alicyclic amines) is 1. The number of hydrogen-bond donors (Lipinski definition) is 2. The minimum absolute atomic E-state index is 0.0357. The summed E-state index contributed by atoms with van der Waals surface area (Å²) in [5, 5.41) is 11.6. The molecule has 0 unspecified atom stereocenters. The maximum absolute atomic E-state index is 11.3. The average molecular weight is 258 g/mol. The van der Waals surface area contributed by atoms with Gasteiger partial charge in [-0.05, 0) is 20.8 Å². The molecule has 1 atom stereocenters. The predicted molar refractivity (Wildman–Crippen MR) is 61.6 cm³/mol. The van der Waals surface area contributed by atoms with Crippen LogP contribution in [0.3, 0.4) is 0 Å². The number of imide groups is 1. The second-order valence-electron chi connectivity index (χ2n) is 5.03. The van der Waals surface area contributed by atoms with Gasteiger partial charge in [0.25, 0.3) is 5.91 Å². The summed E-state index contributed by atoms with van der Waals surface area (Å²) < 4.78 is 4.99. The van der Waals surface area contributed by atoms with E-state index < -0.39 is 29.6 Å². The molecule has 1 saturated heterocycles. The van der Waals surface area contributed by atoms with E-state index in [1.165, 1.54) is 0 Å². The van der Waals surface area contributed by atoms with E-state index in [0.29, 0.717) is 0 Å². The van der Waals surface area contributed by atoms with Gasteiger partial charge in [0, 0.05) is 13.1 Å². The Balaban J connectivity index is 2.32. The van der Waals surface area contributed by atoms with Crippen LogP contribution in [0.4, 0.5) is 4.79 Å². The van der Waals surface area contributed by atoms with Crippen LogP contribution in [0.15, 0.2) is 0 Å². The number of ether oxygens (including phenoxy) is 1. The molecule has 0 bridgehead atoms. The molecule has 1 aliphatic heterocycles. The van der Waals surface area contributed by atoms with Crippen LogP contribution >= 0.6 is 0 Å². The average Bonchev–Trinajstić information content (AvgIpc) is 2.41. The maximum Gasteiger partial charge on any atom is 0.407 e. The van der Waals surface area contributed by atoms with Crippen LogP contribution in [0.5, 0.6) is 0 Å². The fourth-order valence-corrected chi connectivity index (χ4v) is 1.48. The Hall–Kier alpha value is -1.63. The highest BCUT2D eigenvalue weighted by Gasteiger charge is 2.36. The van der Waals surface area contributed by atoms with Gasteiger partial charge in [-0.25, -0.2) is 4.79 Å². The highest BCUT2D eigenvalue weighted by molar-refractivity contribution is 6.04. The monoisotopic (exact) mass is 258 g/mol. The molecule has 1 fully saturated rings. The second kappa shape index (κ2) is 5.34. The molecule has 0 aliphatic carbocycles. The lowest BCUT2D eigenvalue weighted by molar-refractivity contribution is -0.140. The Labute approximate surface area is 105 Å². The van der Waals surface area contributed by atoms with E-state index in [2.05, 4.69) is 5.32 Å². The molecule has 0 saturated carbocycles. The summed E-state index contributed by atoms with van der Waals surface area (Å²) in [5.41, 5.74) is -0.598. The molecule has 18 heavy (non-hydrogen) atoms. The molecule has 102 valence electrons. The summed E-state index contributed by atoms with van der Waals surface area (Å²) in [5.74, 6) is -1.05. The van der Waals surface area contributed by atoms with Gasteiger partial charge in [0.15, 0.2) is 0 Å². The first kappa shape index (κ1) is 14.4. The summed E-state index contributed by atoms with van der Waals surface area (Å²) >= 11 is 0. The molecular formula is C11H18N2O5. The third-order valence-corrected chi connectivity index (χ3v) is 2.22. The molecule has 7 heteroatoms. The van der Waals surface area contributed by atoms with Crippen LogP contribution in [0, 0.1) is 0 Å². The van der Waals surface area contributed by atoms with Crippen LogP contribution in [-0.2, 0) is 14.3 Å². The van der Waals surface area contributed by atoms with Gasteiger partial charge >= 0.3 is 6.09 Å². The van der Waals surface area contributed by atoms with E-state index in [-0.39, 0.29) is 19.5 Å². The van der Waals surface area contributed by atoms with Crippen molar-refractivity contribution in [3.63, 3.8) is 0 Å². The van der Waals surface area contributed by atoms with Crippen molar-refractivity contribution in [1.82, 2.24) is 10.2 Å². The predicted octanol–water partition coefficient (Wildman–Crippen LogP) is -0.369. The molecule has 0 aromatic heterocycles. The number of nitrogens with one attached hydrogen (secondary N) is 1. The van der Waals surface area contributed by atoms with Gasteiger partial charge in [0.2, 0.25) is 5.91 Å². The lowest BCUT2D eigenvalue weighted by atomic mass is 10.2. The highest BCUT2D eigenvalue weighted by atomic mass is 16.6. The van der Waals surface area contributed by atoms with Gasteiger partial charge in [-0.3, -0.25) is 14.5 Å². The number of rotatable bonds is 3. The Bertz CT molecular complexity index is 361. The van der Waals surface area contributed by atoms with Crippen molar-refractivity contribution in [2.75, 3.05) is 13.1 Å². The van der Waals surface area contributed by atoms with Gasteiger partial charge < -0.3 is 15.2 Å². The van der Waals surface area contributed by atoms with Crippen molar-refractivity contribution in [1.29, 1.82) is 0 Å². The fourth-order valence-electron chi connectivity index (χ4n) is 1.48. The van der Waals surface area contributed by atoms with Gasteiger partial charge in [-0.1, -0.05) is 0 Å². The van der Waals surface area contributed by atoms with Crippen LogP contribution < -0.4 is 5.32 Å². The highest BCUT2D eigenvalue weighted by Crippen LogP contribution is 2.11. The van der Waals surface area contributed by atoms with Crippen LogP contribution in [0.1, 0.15) is 27.2 Å². The van der Waals surface area contributed by atoms with Crippen molar-refractivity contribution in [2.45, 2.75) is 38.9 Å². The Morgan fingerprint density at radius 2 is 2.11 bits per heavy atom. The van der Waals surface area contributed by atoms with E-state index in [1.54, 1.807) is 20.8 Å². The lowest BCUT2D eigenvalue weighted by Crippen LogP contribution is -2.40. The summed E-state index contributed by atoms with van der Waals surface area (Å²) in [6.07, 6.45) is -2.05. The van der Waals surface area contributed by atoms with Gasteiger partial charge in [-0.15, -0.1) is 0 Å². The third kappa shape index (κ3) is 3.99. The maximum atomic E-state index is 11.3. The van der Waals surface area contributed by atoms with E-state index in [0.717, 1.165) is 4.90 Å². The number of aliphatic hydroxyl groups is 1. The van der Waals surface area contributed by atoms with Crippen molar-refractivity contribution in [3.8, 4) is 0 Å². The minimum atomic E-state index is -1.25. The fraction of sp³-hybridized carbons (Fsp3) is 0.727. The van der Waals surface area contributed by atoms with Crippen LogP contribution in [-0.4, -0.2) is 52.7 Å². The van der Waals surface area contributed by atoms with Gasteiger partial charge in [0.1, 0.15) is 11.7 Å². The molecule has 7 nitrogen and oxygen atoms in total. The summed E-state index contributed by atoms with van der Waals surface area (Å²) in [6.45, 7) is 5.33. The number of carbonyl (C=O) groups is 3. The number of nitrogens with zero attached hydrogens (tertiary/aromatic N) is 1. The van der Waals surface area contributed by atoms with E-state index in [9.17, 15) is 19.5 Å².